The number of nitrogens with zero attached hydrogens (tertiary/aromatic N) is 1. The third-order valence-corrected chi connectivity index (χ3v) is 3.38. The minimum absolute atomic E-state index is 0.146. The van der Waals surface area contributed by atoms with Gasteiger partial charge in [0.05, 0.1) is 12.9 Å². The Hall–Kier alpha value is -2.46. The first kappa shape index (κ1) is 19.6. The fourth-order valence-electron chi connectivity index (χ4n) is 2.10. The minimum atomic E-state index is -1.13. The fourth-order valence-corrected chi connectivity index (χ4v) is 2.10. The van der Waals surface area contributed by atoms with Gasteiger partial charge in [0, 0.05) is 18.3 Å². The van der Waals surface area contributed by atoms with Crippen molar-refractivity contribution in [3.63, 3.8) is 0 Å². The summed E-state index contributed by atoms with van der Waals surface area (Å²) in [5, 5.41) is 14.1. The second-order valence-corrected chi connectivity index (χ2v) is 5.29. The Bertz CT molecular complexity index is 533. The predicted molar refractivity (Wildman–Crippen MR) is 85.7 cm³/mol. The van der Waals surface area contributed by atoms with Crippen molar-refractivity contribution in [2.45, 2.75) is 37.8 Å². The second kappa shape index (κ2) is 10.3. The number of carboxylic acids is 1. The molecule has 24 heavy (non-hydrogen) atoms. The molecule has 0 fully saturated rings. The molecule has 0 aliphatic heterocycles. The molecule has 0 unspecified atom stereocenters. The van der Waals surface area contributed by atoms with Crippen LogP contribution in [0.25, 0.3) is 0 Å². The Labute approximate surface area is 139 Å². The van der Waals surface area contributed by atoms with Crippen LogP contribution >= 0.6 is 0 Å². The highest BCUT2D eigenvalue weighted by Crippen LogP contribution is 2.04. The van der Waals surface area contributed by atoms with E-state index in [0.717, 1.165) is 0 Å². The first-order valence-corrected chi connectivity index (χ1v) is 7.67. The monoisotopic (exact) mass is 340 g/mol. The highest BCUT2D eigenvalue weighted by Gasteiger charge is 2.26. The van der Waals surface area contributed by atoms with Crippen LogP contribution in [0.4, 0.5) is 0 Å². The largest absolute Gasteiger partial charge is 0.480 e. The highest BCUT2D eigenvalue weighted by molar-refractivity contribution is 5.90. The van der Waals surface area contributed by atoms with Crippen molar-refractivity contribution < 1.29 is 19.5 Å². The van der Waals surface area contributed by atoms with E-state index in [-0.39, 0.29) is 19.4 Å². The number of unbranched alkanes of at least 4 members (excludes halogenated alkanes) is 1. The number of aromatic nitrogens is 2. The zero-order valence-corrected chi connectivity index (χ0v) is 13.3. The summed E-state index contributed by atoms with van der Waals surface area (Å²) in [4.78, 5) is 41.8. The zero-order chi connectivity index (χ0) is 17.9. The average Bonchev–Trinajstić information content (AvgIpc) is 3.06. The average molecular weight is 340 g/mol. The summed E-state index contributed by atoms with van der Waals surface area (Å²) >= 11 is 0. The van der Waals surface area contributed by atoms with E-state index < -0.39 is 29.9 Å². The Kier molecular flexibility index (Phi) is 8.44. The summed E-state index contributed by atoms with van der Waals surface area (Å²) < 4.78 is 0. The van der Waals surface area contributed by atoms with Crippen molar-refractivity contribution in [3.05, 3.63) is 18.2 Å². The van der Waals surface area contributed by atoms with Crippen LogP contribution in [0.3, 0.4) is 0 Å². The lowest BCUT2D eigenvalue weighted by Gasteiger charge is -2.21. The van der Waals surface area contributed by atoms with Gasteiger partial charge in [0.25, 0.3) is 0 Å². The van der Waals surface area contributed by atoms with Crippen molar-refractivity contribution in [1.82, 2.24) is 20.6 Å². The molecule has 1 aromatic rings. The second-order valence-electron chi connectivity index (χ2n) is 5.29. The molecule has 0 aromatic carbocycles. The first-order chi connectivity index (χ1) is 11.5. The van der Waals surface area contributed by atoms with E-state index in [1.807, 2.05) is 0 Å². The molecule has 10 nitrogen and oxygen atoms in total. The van der Waals surface area contributed by atoms with Gasteiger partial charge in [-0.25, -0.2) is 9.78 Å². The number of aromatic amines is 1. The normalized spacial score (nSPS) is 13.1. The number of rotatable bonds is 11. The van der Waals surface area contributed by atoms with Crippen LogP contribution in [-0.4, -0.2) is 58.0 Å². The number of amides is 2. The van der Waals surface area contributed by atoms with Gasteiger partial charge >= 0.3 is 5.97 Å². The van der Waals surface area contributed by atoms with Crippen LogP contribution in [0.2, 0.25) is 0 Å². The molecule has 0 saturated heterocycles. The van der Waals surface area contributed by atoms with E-state index in [4.69, 9.17) is 11.5 Å². The molecule has 0 bridgehead atoms. The van der Waals surface area contributed by atoms with E-state index in [1.165, 1.54) is 12.5 Å². The number of hydrogen-bond donors (Lipinski definition) is 6. The van der Waals surface area contributed by atoms with E-state index in [1.54, 1.807) is 0 Å². The van der Waals surface area contributed by atoms with Crippen molar-refractivity contribution in [2.75, 3.05) is 13.1 Å². The molecule has 0 radical (unpaired) electrons. The number of imidazole rings is 1. The number of carbonyl (C=O) groups excluding carboxylic acids is 2. The van der Waals surface area contributed by atoms with Gasteiger partial charge in [-0.2, -0.15) is 0 Å². The van der Waals surface area contributed by atoms with Crippen molar-refractivity contribution in [3.8, 4) is 0 Å². The summed E-state index contributed by atoms with van der Waals surface area (Å²) in [6.07, 6.45) is 4.62. The fraction of sp³-hybridized carbons (Fsp3) is 0.571. The smallest absolute Gasteiger partial charge is 0.326 e. The number of H-pyrrole nitrogens is 1. The van der Waals surface area contributed by atoms with Crippen molar-refractivity contribution in [1.29, 1.82) is 0 Å². The summed E-state index contributed by atoms with van der Waals surface area (Å²) in [7, 11) is 0. The molecule has 8 N–H and O–H groups in total. The molecule has 10 heteroatoms. The van der Waals surface area contributed by atoms with Crippen LogP contribution < -0.4 is 22.1 Å². The lowest BCUT2D eigenvalue weighted by atomic mass is 10.1. The van der Waals surface area contributed by atoms with Gasteiger partial charge in [-0.05, 0) is 25.8 Å². The molecule has 1 heterocycles. The Morgan fingerprint density at radius 3 is 2.50 bits per heavy atom. The molecular formula is C14H24N6O4. The molecule has 0 aliphatic rings. The number of carbonyl (C=O) groups is 3. The van der Waals surface area contributed by atoms with Gasteiger partial charge in [-0.1, -0.05) is 0 Å². The van der Waals surface area contributed by atoms with Crippen LogP contribution in [0.5, 0.6) is 0 Å². The number of hydrogen-bond acceptors (Lipinski definition) is 6. The van der Waals surface area contributed by atoms with Crippen LogP contribution in [0, 0.1) is 0 Å². The first-order valence-electron chi connectivity index (χ1n) is 7.67. The molecule has 1 rings (SSSR count). The van der Waals surface area contributed by atoms with Gasteiger partial charge in [0.15, 0.2) is 0 Å². The lowest BCUT2D eigenvalue weighted by Crippen LogP contribution is -2.53. The van der Waals surface area contributed by atoms with E-state index in [0.29, 0.717) is 25.1 Å². The molecular weight excluding hydrogens is 316 g/mol. The molecule has 2 amide bonds. The lowest BCUT2D eigenvalue weighted by molar-refractivity contribution is -0.142. The number of nitrogens with one attached hydrogen (secondary N) is 3. The van der Waals surface area contributed by atoms with E-state index in [2.05, 4.69) is 20.6 Å². The number of nitrogens with two attached hydrogens (primary N) is 2. The molecule has 0 aliphatic carbocycles. The minimum Gasteiger partial charge on any atom is -0.480 e. The predicted octanol–water partition coefficient (Wildman–Crippen LogP) is -1.91. The number of aliphatic carboxylic acids is 1. The third kappa shape index (κ3) is 6.75. The zero-order valence-electron chi connectivity index (χ0n) is 13.3. The summed E-state index contributed by atoms with van der Waals surface area (Å²) in [5.41, 5.74) is 11.3. The molecule has 134 valence electrons. The maximum Gasteiger partial charge on any atom is 0.326 e. The van der Waals surface area contributed by atoms with E-state index >= 15 is 0 Å². The van der Waals surface area contributed by atoms with Gasteiger partial charge in [0.1, 0.15) is 12.1 Å². The maximum absolute atomic E-state index is 12.4. The summed E-state index contributed by atoms with van der Waals surface area (Å²) in [5.74, 6) is -2.23. The van der Waals surface area contributed by atoms with E-state index in [9.17, 15) is 19.5 Å². The van der Waals surface area contributed by atoms with Gasteiger partial charge in [0.2, 0.25) is 11.8 Å². The van der Waals surface area contributed by atoms with Crippen LogP contribution in [0.1, 0.15) is 25.0 Å². The Balaban J connectivity index is 2.73. The van der Waals surface area contributed by atoms with Gasteiger partial charge in [-0.15, -0.1) is 0 Å². The number of carboxylic acid groups (broad SMARTS) is 1. The summed E-state index contributed by atoms with van der Waals surface area (Å²) in [6, 6.07) is -1.99. The van der Waals surface area contributed by atoms with Gasteiger partial charge < -0.3 is 32.2 Å². The van der Waals surface area contributed by atoms with Crippen LogP contribution in [0.15, 0.2) is 12.5 Å². The Morgan fingerprint density at radius 1 is 1.21 bits per heavy atom. The van der Waals surface area contributed by atoms with Gasteiger partial charge in [-0.3, -0.25) is 9.59 Å². The maximum atomic E-state index is 12.4. The molecule has 1 aromatic heterocycles. The van der Waals surface area contributed by atoms with Crippen molar-refractivity contribution in [2.24, 2.45) is 11.5 Å². The van der Waals surface area contributed by atoms with Crippen molar-refractivity contribution >= 4 is 17.8 Å². The topological polar surface area (TPSA) is 176 Å². The van der Waals surface area contributed by atoms with Crippen LogP contribution in [-0.2, 0) is 20.8 Å². The molecule has 0 saturated carbocycles. The molecule has 0 spiro atoms. The SMILES string of the molecule is NCCCC[C@@H](NC(=O)[C@@H](Cc1cnc[nH]1)NC(=O)CN)C(=O)O. The highest BCUT2D eigenvalue weighted by atomic mass is 16.4. The third-order valence-electron chi connectivity index (χ3n) is 3.38. The summed E-state index contributed by atoms with van der Waals surface area (Å²) in [6.45, 7) is 0.181. The Morgan fingerprint density at radius 2 is 1.96 bits per heavy atom. The standard InChI is InChI=1S/C14H24N6O4/c15-4-2-1-3-10(14(23)24)20-13(22)11(19-12(21)6-16)5-9-7-17-8-18-9/h7-8,10-11H,1-6,15-16H2,(H,17,18)(H,19,21)(H,20,22)(H,23,24)/t10-,11-/m1/s1. The quantitative estimate of drug-likeness (QED) is 0.255. The molecule has 2 atom stereocenters.